The number of carbonyl (C=O) groups excluding carboxylic acids is 1. The van der Waals surface area contributed by atoms with Gasteiger partial charge in [-0.15, -0.1) is 12.4 Å². The van der Waals surface area contributed by atoms with E-state index in [1.54, 1.807) is 18.7 Å². The Hall–Kier alpha value is -1.47. The molecule has 1 aromatic heterocycles. The molecule has 1 aliphatic heterocycles. The number of benzene rings is 1. The number of halogens is 3. The van der Waals surface area contributed by atoms with Gasteiger partial charge in [-0.2, -0.15) is 0 Å². The molecule has 0 bridgehead atoms. The van der Waals surface area contributed by atoms with Gasteiger partial charge in [-0.3, -0.25) is 9.69 Å². The normalized spacial score (nSPS) is 20.5. The predicted octanol–water partition coefficient (Wildman–Crippen LogP) is 5.55. The van der Waals surface area contributed by atoms with Crippen molar-refractivity contribution in [3.05, 3.63) is 44.8 Å². The number of amides is 1. The molecule has 0 atom stereocenters. The number of aryl methyl sites for hydroxylation is 2. The summed E-state index contributed by atoms with van der Waals surface area (Å²) < 4.78 is 11.2. The number of carbonyl (C=O) groups is 1. The third-order valence-electron chi connectivity index (χ3n) is 6.31. The lowest BCUT2D eigenvalue weighted by Gasteiger charge is -2.37. The summed E-state index contributed by atoms with van der Waals surface area (Å²) in [5, 5.41) is 5.18. The van der Waals surface area contributed by atoms with Gasteiger partial charge in [0.1, 0.15) is 17.1 Å². The summed E-state index contributed by atoms with van der Waals surface area (Å²) in [6.07, 6.45) is 4.33. The molecular formula is C23H30Cl3N3O3. The van der Waals surface area contributed by atoms with Crippen molar-refractivity contribution in [1.29, 1.82) is 0 Å². The lowest BCUT2D eigenvalue weighted by Crippen LogP contribution is -2.42. The van der Waals surface area contributed by atoms with E-state index in [9.17, 15) is 4.79 Å². The van der Waals surface area contributed by atoms with Crippen LogP contribution in [0.4, 0.5) is 0 Å². The topological polar surface area (TPSA) is 58.8 Å². The van der Waals surface area contributed by atoms with Crippen LogP contribution in [0.2, 0.25) is 10.0 Å². The van der Waals surface area contributed by atoms with Crippen molar-refractivity contribution in [3.63, 3.8) is 0 Å². The molecule has 6 nitrogen and oxygen atoms in total. The Kier molecular flexibility index (Phi) is 8.37. The minimum absolute atomic E-state index is 0. The highest BCUT2D eigenvalue weighted by Crippen LogP contribution is 2.37. The van der Waals surface area contributed by atoms with Crippen molar-refractivity contribution in [2.45, 2.75) is 52.2 Å². The standard InChI is InChI=1S/C23H29Cl2N3O3.ClH/c1-14-22(15(2)31-26-14)23(29)27(3)12-16-8-18(9-16)30-21-11-19(24)17(10-20(21)25)13-28-6-4-5-7-28;/h10-11,16,18H,4-9,12-13H2,1-3H3;1H/t16-,18-;. The Morgan fingerprint density at radius 3 is 2.53 bits per heavy atom. The summed E-state index contributed by atoms with van der Waals surface area (Å²) in [5.41, 5.74) is 2.24. The van der Waals surface area contributed by atoms with Crippen LogP contribution in [0.1, 0.15) is 53.1 Å². The summed E-state index contributed by atoms with van der Waals surface area (Å²) in [5.74, 6) is 1.54. The average Bonchev–Trinajstić information content (AvgIpc) is 3.32. The van der Waals surface area contributed by atoms with Crippen LogP contribution >= 0.6 is 35.6 Å². The number of nitrogens with zero attached hydrogens (tertiary/aromatic N) is 3. The molecule has 2 heterocycles. The Balaban J connectivity index is 0.00000289. The van der Waals surface area contributed by atoms with Gasteiger partial charge in [0.2, 0.25) is 0 Å². The van der Waals surface area contributed by atoms with Crippen LogP contribution in [0.25, 0.3) is 0 Å². The smallest absolute Gasteiger partial charge is 0.259 e. The molecular weight excluding hydrogens is 473 g/mol. The van der Waals surface area contributed by atoms with E-state index in [1.807, 2.05) is 19.2 Å². The highest BCUT2D eigenvalue weighted by Gasteiger charge is 2.34. The van der Waals surface area contributed by atoms with Crippen LogP contribution in [0.15, 0.2) is 16.7 Å². The first-order chi connectivity index (χ1) is 14.8. The molecule has 1 saturated heterocycles. The first kappa shape index (κ1) is 25.2. The van der Waals surface area contributed by atoms with Gasteiger partial charge in [0, 0.05) is 31.2 Å². The Morgan fingerprint density at radius 2 is 1.91 bits per heavy atom. The molecule has 1 amide bonds. The fraction of sp³-hybridized carbons (Fsp3) is 0.565. The molecule has 2 fully saturated rings. The molecule has 0 spiro atoms. The van der Waals surface area contributed by atoms with Gasteiger partial charge < -0.3 is 14.2 Å². The lowest BCUT2D eigenvalue weighted by molar-refractivity contribution is 0.0418. The van der Waals surface area contributed by atoms with E-state index in [0.717, 1.165) is 38.0 Å². The van der Waals surface area contributed by atoms with Crippen molar-refractivity contribution in [1.82, 2.24) is 15.0 Å². The molecule has 1 saturated carbocycles. The number of hydrogen-bond acceptors (Lipinski definition) is 5. The maximum absolute atomic E-state index is 12.7. The minimum Gasteiger partial charge on any atom is -0.489 e. The van der Waals surface area contributed by atoms with Crippen LogP contribution in [-0.4, -0.2) is 53.6 Å². The van der Waals surface area contributed by atoms with Crippen LogP contribution in [-0.2, 0) is 6.54 Å². The predicted molar refractivity (Wildman–Crippen MR) is 128 cm³/mol. The molecule has 176 valence electrons. The van der Waals surface area contributed by atoms with Crippen molar-refractivity contribution in [2.24, 2.45) is 5.92 Å². The highest BCUT2D eigenvalue weighted by molar-refractivity contribution is 6.34. The maximum atomic E-state index is 12.7. The van der Waals surface area contributed by atoms with Crippen LogP contribution in [0.5, 0.6) is 5.75 Å². The quantitative estimate of drug-likeness (QED) is 0.497. The maximum Gasteiger partial charge on any atom is 0.259 e. The van der Waals surface area contributed by atoms with E-state index in [-0.39, 0.29) is 24.4 Å². The second-order valence-corrected chi connectivity index (χ2v) is 9.63. The number of ether oxygens (including phenoxy) is 1. The molecule has 1 aromatic carbocycles. The fourth-order valence-electron chi connectivity index (χ4n) is 4.51. The summed E-state index contributed by atoms with van der Waals surface area (Å²) in [4.78, 5) is 16.8. The van der Waals surface area contributed by atoms with E-state index in [0.29, 0.717) is 45.3 Å². The zero-order chi connectivity index (χ0) is 22.1. The van der Waals surface area contributed by atoms with Gasteiger partial charge in [0.05, 0.1) is 16.8 Å². The van der Waals surface area contributed by atoms with E-state index in [1.165, 1.54) is 12.8 Å². The number of rotatable bonds is 7. The third-order valence-corrected chi connectivity index (χ3v) is 6.95. The van der Waals surface area contributed by atoms with Gasteiger partial charge in [-0.1, -0.05) is 28.4 Å². The largest absolute Gasteiger partial charge is 0.489 e. The number of aromatic nitrogens is 1. The lowest BCUT2D eigenvalue weighted by atomic mass is 9.82. The molecule has 1 aliphatic carbocycles. The molecule has 2 aliphatic rings. The van der Waals surface area contributed by atoms with Crippen molar-refractivity contribution in [2.75, 3.05) is 26.7 Å². The second-order valence-electron chi connectivity index (χ2n) is 8.82. The summed E-state index contributed by atoms with van der Waals surface area (Å²) in [6, 6.07) is 3.78. The fourth-order valence-corrected chi connectivity index (χ4v) is 4.96. The van der Waals surface area contributed by atoms with Gasteiger partial charge >= 0.3 is 0 Å². The summed E-state index contributed by atoms with van der Waals surface area (Å²) >= 11 is 13.0. The number of likely N-dealkylation sites (tertiary alicyclic amines) is 1. The first-order valence-electron chi connectivity index (χ1n) is 10.9. The van der Waals surface area contributed by atoms with Crippen molar-refractivity contribution >= 4 is 41.5 Å². The van der Waals surface area contributed by atoms with E-state index >= 15 is 0 Å². The van der Waals surface area contributed by atoms with E-state index < -0.39 is 0 Å². The van der Waals surface area contributed by atoms with Gasteiger partial charge in [-0.05, 0) is 70.2 Å². The molecule has 32 heavy (non-hydrogen) atoms. The zero-order valence-electron chi connectivity index (χ0n) is 18.7. The van der Waals surface area contributed by atoms with Crippen LogP contribution in [0, 0.1) is 19.8 Å². The Labute approximate surface area is 205 Å². The SMILES string of the molecule is Cc1noc(C)c1C(=O)N(C)C[C@H]1C[C@H](Oc2cc(Cl)c(CN3CCCC3)cc2Cl)C1.Cl. The first-order valence-corrected chi connectivity index (χ1v) is 11.6. The van der Waals surface area contributed by atoms with Gasteiger partial charge in [-0.25, -0.2) is 0 Å². The van der Waals surface area contributed by atoms with Crippen molar-refractivity contribution < 1.29 is 14.1 Å². The molecule has 0 radical (unpaired) electrons. The van der Waals surface area contributed by atoms with Crippen molar-refractivity contribution in [3.8, 4) is 5.75 Å². The molecule has 0 unspecified atom stereocenters. The monoisotopic (exact) mass is 501 g/mol. The zero-order valence-corrected chi connectivity index (χ0v) is 21.0. The molecule has 4 rings (SSSR count). The summed E-state index contributed by atoms with van der Waals surface area (Å²) in [7, 11) is 1.82. The molecule has 9 heteroatoms. The van der Waals surface area contributed by atoms with Crippen LogP contribution < -0.4 is 4.74 Å². The average molecular weight is 503 g/mol. The third kappa shape index (κ3) is 5.53. The highest BCUT2D eigenvalue weighted by atomic mass is 35.5. The number of hydrogen-bond donors (Lipinski definition) is 0. The van der Waals surface area contributed by atoms with E-state index in [4.69, 9.17) is 32.5 Å². The second kappa shape index (κ2) is 10.6. The molecule has 0 N–H and O–H groups in total. The van der Waals surface area contributed by atoms with Gasteiger partial charge in [0.25, 0.3) is 5.91 Å². The Bertz CT molecular complexity index is 934. The van der Waals surface area contributed by atoms with E-state index in [2.05, 4.69) is 10.1 Å². The Morgan fingerprint density at radius 1 is 1.22 bits per heavy atom. The molecule has 2 aromatic rings. The van der Waals surface area contributed by atoms with Gasteiger partial charge in [0.15, 0.2) is 0 Å². The minimum atomic E-state index is -0.0518. The van der Waals surface area contributed by atoms with Crippen LogP contribution in [0.3, 0.4) is 0 Å². The summed E-state index contributed by atoms with van der Waals surface area (Å²) in [6.45, 7) is 7.28.